The summed E-state index contributed by atoms with van der Waals surface area (Å²) in [6.07, 6.45) is 5.27. The third-order valence-electron chi connectivity index (χ3n) is 5.15. The van der Waals surface area contributed by atoms with Crippen LogP contribution in [0.15, 0.2) is 24.3 Å². The van der Waals surface area contributed by atoms with Crippen molar-refractivity contribution in [2.24, 2.45) is 17.6 Å². The van der Waals surface area contributed by atoms with Gasteiger partial charge in [0.05, 0.1) is 18.2 Å². The van der Waals surface area contributed by atoms with E-state index in [1.807, 2.05) is 0 Å². The van der Waals surface area contributed by atoms with Gasteiger partial charge in [-0.2, -0.15) is 0 Å². The molecule has 3 rings (SSSR count). The maximum absolute atomic E-state index is 6.34. The molecule has 0 aromatic heterocycles. The Bertz CT molecular complexity index is 445. The standard InChI is InChI=1S/C17H25NO/c1-11-7-8-14(9-12(11)2)19-16-10-13-5-3-4-6-15(13)17(16)18/h3-6,11-12,14,16-17H,7-10,18H2,1-2H3. The molecule has 1 aromatic rings. The molecule has 0 heterocycles. The fourth-order valence-electron chi connectivity index (χ4n) is 3.59. The molecule has 1 fully saturated rings. The van der Waals surface area contributed by atoms with Crippen LogP contribution in [0.3, 0.4) is 0 Å². The zero-order chi connectivity index (χ0) is 13.4. The van der Waals surface area contributed by atoms with Crippen molar-refractivity contribution in [3.8, 4) is 0 Å². The van der Waals surface area contributed by atoms with Crippen LogP contribution in [0, 0.1) is 11.8 Å². The smallest absolute Gasteiger partial charge is 0.0811 e. The molecule has 0 aliphatic heterocycles. The van der Waals surface area contributed by atoms with Gasteiger partial charge in [0.15, 0.2) is 0 Å². The summed E-state index contributed by atoms with van der Waals surface area (Å²) in [6.45, 7) is 4.71. The first-order chi connectivity index (χ1) is 9.15. The van der Waals surface area contributed by atoms with Gasteiger partial charge in [-0.25, -0.2) is 0 Å². The van der Waals surface area contributed by atoms with Gasteiger partial charge in [-0.15, -0.1) is 0 Å². The Morgan fingerprint density at radius 3 is 2.63 bits per heavy atom. The number of nitrogens with two attached hydrogens (primary N) is 1. The summed E-state index contributed by atoms with van der Waals surface area (Å²) in [5.74, 6) is 1.62. The lowest BCUT2D eigenvalue weighted by molar-refractivity contribution is -0.0522. The summed E-state index contributed by atoms with van der Waals surface area (Å²) < 4.78 is 6.34. The van der Waals surface area contributed by atoms with E-state index < -0.39 is 0 Å². The summed E-state index contributed by atoms with van der Waals surface area (Å²) in [5, 5.41) is 0. The molecular formula is C17H25NO. The Morgan fingerprint density at radius 1 is 1.11 bits per heavy atom. The van der Waals surface area contributed by atoms with E-state index >= 15 is 0 Å². The van der Waals surface area contributed by atoms with Gasteiger partial charge in [-0.3, -0.25) is 0 Å². The Morgan fingerprint density at radius 2 is 1.89 bits per heavy atom. The van der Waals surface area contributed by atoms with Crippen molar-refractivity contribution in [3.63, 3.8) is 0 Å². The number of hydrogen-bond donors (Lipinski definition) is 1. The van der Waals surface area contributed by atoms with Gasteiger partial charge in [-0.1, -0.05) is 38.1 Å². The zero-order valence-corrected chi connectivity index (χ0v) is 12.0. The molecule has 2 aliphatic carbocycles. The highest BCUT2D eigenvalue weighted by molar-refractivity contribution is 5.36. The van der Waals surface area contributed by atoms with Gasteiger partial charge >= 0.3 is 0 Å². The highest BCUT2D eigenvalue weighted by Crippen LogP contribution is 2.36. The summed E-state index contributed by atoms with van der Waals surface area (Å²) in [7, 11) is 0. The van der Waals surface area contributed by atoms with Gasteiger partial charge in [0.1, 0.15) is 0 Å². The molecule has 2 N–H and O–H groups in total. The number of ether oxygens (including phenoxy) is 1. The van der Waals surface area contributed by atoms with Crippen LogP contribution < -0.4 is 5.73 Å². The van der Waals surface area contributed by atoms with E-state index in [-0.39, 0.29) is 12.1 Å². The molecule has 19 heavy (non-hydrogen) atoms. The maximum atomic E-state index is 6.34. The number of benzene rings is 1. The first-order valence-electron chi connectivity index (χ1n) is 7.64. The van der Waals surface area contributed by atoms with Gasteiger partial charge in [0.2, 0.25) is 0 Å². The third kappa shape index (κ3) is 2.56. The molecule has 0 amide bonds. The first-order valence-corrected chi connectivity index (χ1v) is 7.64. The molecule has 0 radical (unpaired) electrons. The molecule has 0 spiro atoms. The topological polar surface area (TPSA) is 35.2 Å². The van der Waals surface area contributed by atoms with Gasteiger partial charge < -0.3 is 10.5 Å². The summed E-state index contributed by atoms with van der Waals surface area (Å²) in [5.41, 5.74) is 9.00. The molecule has 2 nitrogen and oxygen atoms in total. The molecule has 1 saturated carbocycles. The maximum Gasteiger partial charge on any atom is 0.0811 e. The summed E-state index contributed by atoms with van der Waals surface area (Å²) >= 11 is 0. The Labute approximate surface area is 116 Å². The molecule has 0 bridgehead atoms. The quantitative estimate of drug-likeness (QED) is 0.883. The van der Waals surface area contributed by atoms with Crippen LogP contribution in [0.5, 0.6) is 0 Å². The van der Waals surface area contributed by atoms with Crippen molar-refractivity contribution in [2.75, 3.05) is 0 Å². The van der Waals surface area contributed by atoms with Gasteiger partial charge in [0.25, 0.3) is 0 Å². The highest BCUT2D eigenvalue weighted by atomic mass is 16.5. The monoisotopic (exact) mass is 259 g/mol. The van der Waals surface area contributed by atoms with E-state index in [9.17, 15) is 0 Å². The Kier molecular flexibility index (Phi) is 3.64. The van der Waals surface area contributed by atoms with E-state index in [0.717, 1.165) is 18.3 Å². The van der Waals surface area contributed by atoms with Crippen LogP contribution in [0.2, 0.25) is 0 Å². The minimum Gasteiger partial charge on any atom is -0.373 e. The lowest BCUT2D eigenvalue weighted by Gasteiger charge is -2.34. The number of hydrogen-bond acceptors (Lipinski definition) is 2. The van der Waals surface area contributed by atoms with E-state index in [2.05, 4.69) is 38.1 Å². The second-order valence-corrected chi connectivity index (χ2v) is 6.49. The van der Waals surface area contributed by atoms with Gasteiger partial charge in [0, 0.05) is 6.42 Å². The fourth-order valence-corrected chi connectivity index (χ4v) is 3.59. The van der Waals surface area contributed by atoms with Crippen LogP contribution in [0.25, 0.3) is 0 Å². The molecule has 1 aromatic carbocycles. The predicted octanol–water partition coefficient (Wildman–Crippen LogP) is 3.45. The van der Waals surface area contributed by atoms with Crippen LogP contribution in [0.1, 0.15) is 50.3 Å². The molecule has 2 aliphatic rings. The van der Waals surface area contributed by atoms with Crippen LogP contribution in [-0.4, -0.2) is 12.2 Å². The molecule has 5 unspecified atom stereocenters. The van der Waals surface area contributed by atoms with Crippen molar-refractivity contribution in [1.82, 2.24) is 0 Å². The van der Waals surface area contributed by atoms with Crippen molar-refractivity contribution in [1.29, 1.82) is 0 Å². The Balaban J connectivity index is 1.63. The van der Waals surface area contributed by atoms with Crippen molar-refractivity contribution >= 4 is 0 Å². The lowest BCUT2D eigenvalue weighted by atomic mass is 9.80. The van der Waals surface area contributed by atoms with E-state index in [0.29, 0.717) is 6.10 Å². The summed E-state index contributed by atoms with van der Waals surface area (Å²) in [6, 6.07) is 8.56. The molecule has 2 heteroatoms. The normalized spacial score (nSPS) is 38.2. The average molecular weight is 259 g/mol. The molecular weight excluding hydrogens is 234 g/mol. The van der Waals surface area contributed by atoms with Crippen molar-refractivity contribution < 1.29 is 4.74 Å². The van der Waals surface area contributed by atoms with E-state index in [1.165, 1.54) is 30.4 Å². The van der Waals surface area contributed by atoms with E-state index in [4.69, 9.17) is 10.5 Å². The highest BCUT2D eigenvalue weighted by Gasteiger charge is 2.34. The van der Waals surface area contributed by atoms with Crippen molar-refractivity contribution in [2.45, 2.75) is 57.8 Å². The second-order valence-electron chi connectivity index (χ2n) is 6.49. The predicted molar refractivity (Wildman–Crippen MR) is 77.9 cm³/mol. The minimum absolute atomic E-state index is 0.0610. The SMILES string of the molecule is CC1CCC(OC2Cc3ccccc3C2N)CC1C. The largest absolute Gasteiger partial charge is 0.373 e. The lowest BCUT2D eigenvalue weighted by Crippen LogP contribution is -2.34. The molecule has 5 atom stereocenters. The number of fused-ring (bicyclic) bond motifs is 1. The Hall–Kier alpha value is -0.860. The van der Waals surface area contributed by atoms with Crippen LogP contribution in [-0.2, 0) is 11.2 Å². The fraction of sp³-hybridized carbons (Fsp3) is 0.647. The van der Waals surface area contributed by atoms with Crippen molar-refractivity contribution in [3.05, 3.63) is 35.4 Å². The average Bonchev–Trinajstić information content (AvgIpc) is 2.72. The first kappa shape index (κ1) is 13.1. The van der Waals surface area contributed by atoms with E-state index in [1.54, 1.807) is 0 Å². The second kappa shape index (κ2) is 5.26. The summed E-state index contributed by atoms with van der Waals surface area (Å²) in [4.78, 5) is 0. The minimum atomic E-state index is 0.0610. The van der Waals surface area contributed by atoms with Gasteiger partial charge in [-0.05, 0) is 42.2 Å². The van der Waals surface area contributed by atoms with Crippen LogP contribution >= 0.6 is 0 Å². The number of rotatable bonds is 2. The molecule has 104 valence electrons. The third-order valence-corrected chi connectivity index (χ3v) is 5.15. The zero-order valence-electron chi connectivity index (χ0n) is 12.0. The molecule has 0 saturated heterocycles. The van der Waals surface area contributed by atoms with Crippen LogP contribution in [0.4, 0.5) is 0 Å².